The molecule has 2 aromatic rings. The SMILES string of the molecule is Nc1ccc(Cl)cc1S(=O)(=O)Cc1c(F)ccc(Br)c1F. The predicted molar refractivity (Wildman–Crippen MR) is 80.8 cm³/mol. The lowest BCUT2D eigenvalue weighted by Gasteiger charge is -2.10. The molecular weight excluding hydrogens is 388 g/mol. The van der Waals surface area contributed by atoms with Crippen molar-refractivity contribution in [3.63, 3.8) is 0 Å². The van der Waals surface area contributed by atoms with Gasteiger partial charge in [-0.15, -0.1) is 0 Å². The first-order valence-corrected chi connectivity index (χ1v) is 8.45. The molecular formula is C13H9BrClF2NO2S. The van der Waals surface area contributed by atoms with Gasteiger partial charge < -0.3 is 5.73 Å². The quantitative estimate of drug-likeness (QED) is 0.631. The van der Waals surface area contributed by atoms with Gasteiger partial charge in [-0.1, -0.05) is 11.6 Å². The average Bonchev–Trinajstić information content (AvgIpc) is 2.42. The zero-order valence-electron chi connectivity index (χ0n) is 10.4. The Morgan fingerprint density at radius 3 is 2.52 bits per heavy atom. The Morgan fingerprint density at radius 1 is 1.19 bits per heavy atom. The summed E-state index contributed by atoms with van der Waals surface area (Å²) in [6.45, 7) is 0. The maximum Gasteiger partial charge on any atom is 0.184 e. The second-order valence-corrected chi connectivity index (χ2v) is 7.51. The van der Waals surface area contributed by atoms with Crippen LogP contribution < -0.4 is 5.73 Å². The molecule has 0 amide bonds. The molecule has 0 bridgehead atoms. The number of hydrogen-bond acceptors (Lipinski definition) is 3. The predicted octanol–water partition coefficient (Wildman–Crippen LogP) is 3.94. The number of hydrogen-bond donors (Lipinski definition) is 1. The molecule has 0 fully saturated rings. The molecule has 0 atom stereocenters. The zero-order chi connectivity index (χ0) is 15.8. The Bertz CT molecular complexity index is 812. The van der Waals surface area contributed by atoms with Gasteiger partial charge in [0.15, 0.2) is 9.84 Å². The molecule has 112 valence electrons. The molecule has 0 heterocycles. The van der Waals surface area contributed by atoms with E-state index in [1.54, 1.807) is 0 Å². The minimum Gasteiger partial charge on any atom is -0.398 e. The molecule has 0 spiro atoms. The van der Waals surface area contributed by atoms with Gasteiger partial charge in [-0.3, -0.25) is 0 Å². The van der Waals surface area contributed by atoms with Gasteiger partial charge >= 0.3 is 0 Å². The van der Waals surface area contributed by atoms with Crippen molar-refractivity contribution in [1.29, 1.82) is 0 Å². The molecule has 2 rings (SSSR count). The average molecular weight is 397 g/mol. The molecule has 8 heteroatoms. The smallest absolute Gasteiger partial charge is 0.184 e. The molecule has 0 aliphatic heterocycles. The summed E-state index contributed by atoms with van der Waals surface area (Å²) in [6, 6.07) is 6.05. The summed E-state index contributed by atoms with van der Waals surface area (Å²) in [7, 11) is -4.04. The van der Waals surface area contributed by atoms with Crippen molar-refractivity contribution in [2.75, 3.05) is 5.73 Å². The fourth-order valence-electron chi connectivity index (χ4n) is 1.75. The fraction of sp³-hybridized carbons (Fsp3) is 0.0769. The third kappa shape index (κ3) is 3.36. The van der Waals surface area contributed by atoms with Crippen LogP contribution in [0.5, 0.6) is 0 Å². The van der Waals surface area contributed by atoms with E-state index in [0.29, 0.717) is 0 Å². The van der Waals surface area contributed by atoms with Crippen LogP contribution in [0.4, 0.5) is 14.5 Å². The molecule has 0 saturated heterocycles. The molecule has 0 aliphatic rings. The van der Waals surface area contributed by atoms with Crippen LogP contribution in [0.2, 0.25) is 5.02 Å². The second-order valence-electron chi connectivity index (χ2n) is 4.26. The van der Waals surface area contributed by atoms with Crippen LogP contribution in [0.15, 0.2) is 39.7 Å². The number of rotatable bonds is 3. The largest absolute Gasteiger partial charge is 0.398 e. The zero-order valence-corrected chi connectivity index (χ0v) is 13.6. The van der Waals surface area contributed by atoms with Crippen molar-refractivity contribution in [2.45, 2.75) is 10.6 Å². The van der Waals surface area contributed by atoms with Crippen molar-refractivity contribution in [3.8, 4) is 0 Å². The van der Waals surface area contributed by atoms with E-state index in [4.69, 9.17) is 17.3 Å². The Kier molecular flexibility index (Phi) is 4.55. The normalized spacial score (nSPS) is 11.6. The van der Waals surface area contributed by atoms with Gasteiger partial charge in [-0.25, -0.2) is 17.2 Å². The highest BCUT2D eigenvalue weighted by molar-refractivity contribution is 9.10. The Hall–Kier alpha value is -1.18. The fourth-order valence-corrected chi connectivity index (χ4v) is 3.89. The molecule has 0 aliphatic carbocycles. The molecule has 21 heavy (non-hydrogen) atoms. The van der Waals surface area contributed by atoms with Crippen molar-refractivity contribution >= 4 is 43.1 Å². The van der Waals surface area contributed by atoms with Gasteiger partial charge in [0.2, 0.25) is 0 Å². The number of halogens is 4. The topological polar surface area (TPSA) is 60.2 Å². The second kappa shape index (κ2) is 5.90. The van der Waals surface area contributed by atoms with Crippen molar-refractivity contribution in [3.05, 3.63) is 57.0 Å². The summed E-state index contributed by atoms with van der Waals surface area (Å²) >= 11 is 8.63. The van der Waals surface area contributed by atoms with E-state index in [-0.39, 0.29) is 20.1 Å². The van der Waals surface area contributed by atoms with Crippen LogP contribution in [0, 0.1) is 11.6 Å². The van der Waals surface area contributed by atoms with E-state index in [1.807, 2.05) is 0 Å². The maximum atomic E-state index is 13.9. The van der Waals surface area contributed by atoms with Crippen LogP contribution in [0.25, 0.3) is 0 Å². The van der Waals surface area contributed by atoms with Crippen molar-refractivity contribution in [2.24, 2.45) is 0 Å². The molecule has 0 aromatic heterocycles. The van der Waals surface area contributed by atoms with Crippen LogP contribution in [-0.4, -0.2) is 8.42 Å². The summed E-state index contributed by atoms with van der Waals surface area (Å²) in [5, 5.41) is 0.165. The van der Waals surface area contributed by atoms with E-state index < -0.39 is 32.8 Å². The first-order chi connectivity index (χ1) is 9.72. The Balaban J connectivity index is 2.53. The number of anilines is 1. The van der Waals surface area contributed by atoms with Gasteiger partial charge in [-0.05, 0) is 46.3 Å². The summed E-state index contributed by atoms with van der Waals surface area (Å²) in [5.41, 5.74) is 5.02. The summed E-state index contributed by atoms with van der Waals surface area (Å²) < 4.78 is 52.1. The van der Waals surface area contributed by atoms with Crippen molar-refractivity contribution < 1.29 is 17.2 Å². The standard InChI is InChI=1S/C13H9BrClF2NO2S/c14-9-2-3-10(16)8(13(9)17)6-21(19,20)12-5-7(15)1-4-11(12)18/h1-5H,6,18H2. The number of sulfone groups is 1. The summed E-state index contributed by atoms with van der Waals surface area (Å²) in [5.74, 6) is -2.76. The number of nitrogens with two attached hydrogens (primary N) is 1. The van der Waals surface area contributed by atoms with E-state index in [9.17, 15) is 17.2 Å². The van der Waals surface area contributed by atoms with Gasteiger partial charge in [0.1, 0.15) is 11.6 Å². The summed E-state index contributed by atoms with van der Waals surface area (Å²) in [6.07, 6.45) is 0. The minimum atomic E-state index is -4.04. The van der Waals surface area contributed by atoms with Gasteiger partial charge in [-0.2, -0.15) is 0 Å². The van der Waals surface area contributed by atoms with Crippen LogP contribution >= 0.6 is 27.5 Å². The third-order valence-corrected chi connectivity index (χ3v) is 5.32. The Labute approximate surface area is 133 Å². The lowest BCUT2D eigenvalue weighted by Crippen LogP contribution is -2.11. The van der Waals surface area contributed by atoms with E-state index in [2.05, 4.69) is 15.9 Å². The lowest BCUT2D eigenvalue weighted by molar-refractivity contribution is 0.552. The van der Waals surface area contributed by atoms with Gasteiger partial charge in [0.05, 0.1) is 20.8 Å². The first-order valence-electron chi connectivity index (χ1n) is 5.62. The first kappa shape index (κ1) is 16.2. The molecule has 3 nitrogen and oxygen atoms in total. The molecule has 2 N–H and O–H groups in total. The lowest BCUT2D eigenvalue weighted by atomic mass is 10.2. The number of nitrogen functional groups attached to an aromatic ring is 1. The van der Waals surface area contributed by atoms with Crippen LogP contribution in [-0.2, 0) is 15.6 Å². The monoisotopic (exact) mass is 395 g/mol. The van der Waals surface area contributed by atoms with Gasteiger partial charge in [0, 0.05) is 10.6 Å². The molecule has 2 aromatic carbocycles. The number of benzene rings is 2. The minimum absolute atomic E-state index is 0.0202. The highest BCUT2D eigenvalue weighted by atomic mass is 79.9. The molecule has 0 unspecified atom stereocenters. The van der Waals surface area contributed by atoms with Crippen molar-refractivity contribution in [1.82, 2.24) is 0 Å². The van der Waals surface area contributed by atoms with E-state index in [0.717, 1.165) is 18.2 Å². The van der Waals surface area contributed by atoms with Crippen LogP contribution in [0.1, 0.15) is 5.56 Å². The highest BCUT2D eigenvalue weighted by Gasteiger charge is 2.24. The molecule has 0 saturated carbocycles. The van der Waals surface area contributed by atoms with E-state index >= 15 is 0 Å². The van der Waals surface area contributed by atoms with Crippen LogP contribution in [0.3, 0.4) is 0 Å². The Morgan fingerprint density at radius 2 is 1.86 bits per heavy atom. The third-order valence-electron chi connectivity index (χ3n) is 2.78. The van der Waals surface area contributed by atoms with E-state index in [1.165, 1.54) is 12.1 Å². The maximum absolute atomic E-state index is 13.9. The van der Waals surface area contributed by atoms with Gasteiger partial charge in [0.25, 0.3) is 0 Å². The summed E-state index contributed by atoms with van der Waals surface area (Å²) in [4.78, 5) is -0.256. The highest BCUT2D eigenvalue weighted by Crippen LogP contribution is 2.29. The molecule has 0 radical (unpaired) electrons.